The van der Waals surface area contributed by atoms with Gasteiger partial charge < -0.3 is 14.8 Å². The second-order valence-corrected chi connectivity index (χ2v) is 3.89. The molecular weight excluding hydrogens is 178 g/mol. The molecule has 0 aromatic rings. The van der Waals surface area contributed by atoms with Gasteiger partial charge >= 0.3 is 0 Å². The van der Waals surface area contributed by atoms with E-state index in [1.54, 1.807) is 7.11 Å². The van der Waals surface area contributed by atoms with Crippen molar-refractivity contribution in [1.82, 2.24) is 5.32 Å². The van der Waals surface area contributed by atoms with E-state index < -0.39 is 0 Å². The Balaban J connectivity index is 2.03. The van der Waals surface area contributed by atoms with Crippen LogP contribution in [0.3, 0.4) is 0 Å². The van der Waals surface area contributed by atoms with Crippen LogP contribution in [0.4, 0.5) is 0 Å². The Labute approximate surface area is 87.2 Å². The van der Waals surface area contributed by atoms with Gasteiger partial charge in [-0.2, -0.15) is 0 Å². The molecule has 0 saturated heterocycles. The van der Waals surface area contributed by atoms with Crippen molar-refractivity contribution in [1.29, 1.82) is 0 Å². The first kappa shape index (κ1) is 12.0. The predicted molar refractivity (Wildman–Crippen MR) is 57.5 cm³/mol. The second-order valence-electron chi connectivity index (χ2n) is 3.89. The molecule has 0 aromatic heterocycles. The van der Waals surface area contributed by atoms with Gasteiger partial charge in [0.15, 0.2) is 0 Å². The van der Waals surface area contributed by atoms with E-state index in [1.165, 1.54) is 25.7 Å². The molecule has 1 fully saturated rings. The highest BCUT2D eigenvalue weighted by atomic mass is 16.5. The van der Waals surface area contributed by atoms with Crippen molar-refractivity contribution in [3.8, 4) is 0 Å². The summed E-state index contributed by atoms with van der Waals surface area (Å²) >= 11 is 0. The molecule has 0 amide bonds. The van der Waals surface area contributed by atoms with E-state index in [0.717, 1.165) is 19.2 Å². The van der Waals surface area contributed by atoms with Crippen molar-refractivity contribution >= 4 is 0 Å². The van der Waals surface area contributed by atoms with Crippen LogP contribution in [0.25, 0.3) is 0 Å². The van der Waals surface area contributed by atoms with Gasteiger partial charge in [-0.25, -0.2) is 0 Å². The molecule has 0 atom stereocenters. The molecule has 0 radical (unpaired) electrons. The maximum Gasteiger partial charge on any atom is 0.0704 e. The number of hydrogen-bond donors (Lipinski definition) is 1. The third-order valence-electron chi connectivity index (χ3n) is 2.81. The highest BCUT2D eigenvalue weighted by molar-refractivity contribution is 4.76. The van der Waals surface area contributed by atoms with Crippen LogP contribution in [0.5, 0.6) is 0 Å². The Morgan fingerprint density at radius 1 is 1.14 bits per heavy atom. The lowest BCUT2D eigenvalue weighted by atomic mass is 9.93. The first-order valence-electron chi connectivity index (χ1n) is 5.70. The van der Waals surface area contributed by atoms with E-state index in [1.807, 2.05) is 0 Å². The van der Waals surface area contributed by atoms with Crippen molar-refractivity contribution in [2.24, 2.45) is 0 Å². The standard InChI is InChI=1S/C11H23NO2/c1-3-12-10-4-6-11(7-5-10)14-9-8-13-2/h10-12H,3-9H2,1-2H3/t10-,11+. The van der Waals surface area contributed by atoms with Gasteiger partial charge in [-0.1, -0.05) is 6.92 Å². The Morgan fingerprint density at radius 3 is 2.43 bits per heavy atom. The smallest absolute Gasteiger partial charge is 0.0704 e. The predicted octanol–water partition coefficient (Wildman–Crippen LogP) is 1.57. The summed E-state index contributed by atoms with van der Waals surface area (Å²) in [5, 5.41) is 3.49. The van der Waals surface area contributed by atoms with Gasteiger partial charge in [0.1, 0.15) is 0 Å². The molecule has 0 unspecified atom stereocenters. The summed E-state index contributed by atoms with van der Waals surface area (Å²) in [6.45, 7) is 4.71. The average molecular weight is 201 g/mol. The van der Waals surface area contributed by atoms with Crippen LogP contribution in [0.15, 0.2) is 0 Å². The van der Waals surface area contributed by atoms with Crippen LogP contribution < -0.4 is 5.32 Å². The molecule has 0 spiro atoms. The minimum absolute atomic E-state index is 0.472. The van der Waals surface area contributed by atoms with E-state index in [-0.39, 0.29) is 0 Å². The van der Waals surface area contributed by atoms with Crippen LogP contribution >= 0.6 is 0 Å². The Kier molecular flexibility index (Phi) is 6.15. The van der Waals surface area contributed by atoms with E-state index in [0.29, 0.717) is 12.7 Å². The SMILES string of the molecule is CCN[C@H]1CC[C@@H](OCCOC)CC1. The van der Waals surface area contributed by atoms with Gasteiger partial charge in [-0.05, 0) is 32.2 Å². The topological polar surface area (TPSA) is 30.5 Å². The quantitative estimate of drug-likeness (QED) is 0.662. The lowest BCUT2D eigenvalue weighted by molar-refractivity contribution is -0.00414. The van der Waals surface area contributed by atoms with Crippen LogP contribution in [-0.2, 0) is 9.47 Å². The summed E-state index contributed by atoms with van der Waals surface area (Å²) in [7, 11) is 1.71. The van der Waals surface area contributed by atoms with E-state index in [2.05, 4.69) is 12.2 Å². The minimum atomic E-state index is 0.472. The van der Waals surface area contributed by atoms with Gasteiger partial charge in [-0.15, -0.1) is 0 Å². The molecule has 0 aliphatic heterocycles. The Hall–Kier alpha value is -0.120. The number of ether oxygens (including phenoxy) is 2. The number of nitrogens with one attached hydrogen (secondary N) is 1. The van der Waals surface area contributed by atoms with Crippen LogP contribution in [-0.4, -0.2) is 39.0 Å². The highest BCUT2D eigenvalue weighted by Gasteiger charge is 2.20. The van der Waals surface area contributed by atoms with Crippen molar-refractivity contribution in [3.63, 3.8) is 0 Å². The summed E-state index contributed by atoms with van der Waals surface area (Å²) in [5.41, 5.74) is 0. The molecule has 1 rings (SSSR count). The molecule has 1 saturated carbocycles. The molecule has 14 heavy (non-hydrogen) atoms. The van der Waals surface area contributed by atoms with Gasteiger partial charge in [0.25, 0.3) is 0 Å². The fraction of sp³-hybridized carbons (Fsp3) is 1.00. The van der Waals surface area contributed by atoms with Crippen molar-refractivity contribution in [3.05, 3.63) is 0 Å². The van der Waals surface area contributed by atoms with E-state index in [9.17, 15) is 0 Å². The summed E-state index contributed by atoms with van der Waals surface area (Å²) in [5.74, 6) is 0. The molecule has 1 aliphatic carbocycles. The molecule has 3 nitrogen and oxygen atoms in total. The summed E-state index contributed by atoms with van der Waals surface area (Å²) in [6.07, 6.45) is 5.37. The lowest BCUT2D eigenvalue weighted by Crippen LogP contribution is -2.35. The minimum Gasteiger partial charge on any atom is -0.382 e. The normalized spacial score (nSPS) is 27.9. The molecule has 3 heteroatoms. The maximum atomic E-state index is 5.70. The second kappa shape index (κ2) is 7.21. The first-order valence-corrected chi connectivity index (χ1v) is 5.70. The zero-order valence-corrected chi connectivity index (χ0v) is 9.42. The number of methoxy groups -OCH3 is 1. The summed E-state index contributed by atoms with van der Waals surface area (Å²) < 4.78 is 10.7. The summed E-state index contributed by atoms with van der Waals surface area (Å²) in [4.78, 5) is 0. The van der Waals surface area contributed by atoms with Crippen LogP contribution in [0.2, 0.25) is 0 Å². The maximum absolute atomic E-state index is 5.70. The van der Waals surface area contributed by atoms with Gasteiger partial charge in [-0.3, -0.25) is 0 Å². The molecular formula is C11H23NO2. The van der Waals surface area contributed by atoms with Gasteiger partial charge in [0.2, 0.25) is 0 Å². The van der Waals surface area contributed by atoms with Crippen molar-refractivity contribution in [2.45, 2.75) is 44.8 Å². The third kappa shape index (κ3) is 4.40. The fourth-order valence-electron chi connectivity index (χ4n) is 2.02. The molecule has 0 bridgehead atoms. The lowest BCUT2D eigenvalue weighted by Gasteiger charge is -2.28. The van der Waals surface area contributed by atoms with Gasteiger partial charge in [0.05, 0.1) is 19.3 Å². The molecule has 1 N–H and O–H groups in total. The first-order chi connectivity index (χ1) is 6.86. The molecule has 1 aliphatic rings. The molecule has 0 aromatic carbocycles. The van der Waals surface area contributed by atoms with Crippen LogP contribution in [0, 0.1) is 0 Å². The zero-order chi connectivity index (χ0) is 10.2. The average Bonchev–Trinajstić information content (AvgIpc) is 2.21. The van der Waals surface area contributed by atoms with E-state index >= 15 is 0 Å². The van der Waals surface area contributed by atoms with Crippen molar-refractivity contribution < 1.29 is 9.47 Å². The summed E-state index contributed by atoms with van der Waals surface area (Å²) in [6, 6.07) is 0.724. The Morgan fingerprint density at radius 2 is 1.86 bits per heavy atom. The fourth-order valence-corrected chi connectivity index (χ4v) is 2.02. The molecule has 0 heterocycles. The largest absolute Gasteiger partial charge is 0.382 e. The Bertz CT molecular complexity index is 133. The number of hydrogen-bond acceptors (Lipinski definition) is 3. The molecule has 84 valence electrons. The monoisotopic (exact) mass is 201 g/mol. The van der Waals surface area contributed by atoms with Crippen LogP contribution in [0.1, 0.15) is 32.6 Å². The highest BCUT2D eigenvalue weighted by Crippen LogP contribution is 2.20. The van der Waals surface area contributed by atoms with Crippen molar-refractivity contribution in [2.75, 3.05) is 26.9 Å². The number of rotatable bonds is 6. The third-order valence-corrected chi connectivity index (χ3v) is 2.81. The van der Waals surface area contributed by atoms with E-state index in [4.69, 9.17) is 9.47 Å². The van der Waals surface area contributed by atoms with Gasteiger partial charge in [0, 0.05) is 13.2 Å². The zero-order valence-electron chi connectivity index (χ0n) is 9.42.